The molecule has 0 radical (unpaired) electrons. The molecule has 0 saturated heterocycles. The van der Waals surface area contributed by atoms with Crippen molar-refractivity contribution >= 4 is 0 Å². The van der Waals surface area contributed by atoms with Crippen molar-refractivity contribution in [2.75, 3.05) is 6.54 Å². The SMILES string of the molecule is CCC1CCC(c2noc(CC3(CN)CCCCC3)n2)C1. The van der Waals surface area contributed by atoms with E-state index in [1.807, 2.05) is 0 Å². The lowest BCUT2D eigenvalue weighted by Gasteiger charge is -2.34. The van der Waals surface area contributed by atoms with Crippen LogP contribution in [0.25, 0.3) is 0 Å². The first-order chi connectivity index (χ1) is 10.2. The summed E-state index contributed by atoms with van der Waals surface area (Å²) in [6.07, 6.45) is 12.3. The van der Waals surface area contributed by atoms with Gasteiger partial charge in [0.25, 0.3) is 0 Å². The van der Waals surface area contributed by atoms with Gasteiger partial charge in [0.1, 0.15) is 0 Å². The Hall–Kier alpha value is -0.900. The summed E-state index contributed by atoms with van der Waals surface area (Å²) in [5.74, 6) is 3.14. The van der Waals surface area contributed by atoms with Gasteiger partial charge in [-0.1, -0.05) is 37.8 Å². The second kappa shape index (κ2) is 6.47. The summed E-state index contributed by atoms with van der Waals surface area (Å²) in [6, 6.07) is 0. The molecule has 3 rings (SSSR count). The zero-order valence-corrected chi connectivity index (χ0v) is 13.3. The van der Waals surface area contributed by atoms with Crippen molar-refractivity contribution in [1.82, 2.24) is 10.1 Å². The van der Waals surface area contributed by atoms with Crippen LogP contribution >= 0.6 is 0 Å². The Kier molecular flexibility index (Phi) is 4.63. The molecule has 21 heavy (non-hydrogen) atoms. The van der Waals surface area contributed by atoms with Gasteiger partial charge >= 0.3 is 0 Å². The summed E-state index contributed by atoms with van der Waals surface area (Å²) in [6.45, 7) is 3.02. The van der Waals surface area contributed by atoms with Gasteiger partial charge in [-0.2, -0.15) is 4.98 Å². The van der Waals surface area contributed by atoms with Crippen LogP contribution in [0.2, 0.25) is 0 Å². The highest BCUT2D eigenvalue weighted by molar-refractivity contribution is 5.01. The number of hydrogen-bond acceptors (Lipinski definition) is 4. The van der Waals surface area contributed by atoms with Crippen LogP contribution in [0, 0.1) is 11.3 Å². The Morgan fingerprint density at radius 3 is 2.71 bits per heavy atom. The van der Waals surface area contributed by atoms with Gasteiger partial charge in [0.2, 0.25) is 5.89 Å². The van der Waals surface area contributed by atoms with E-state index in [2.05, 4.69) is 12.1 Å². The lowest BCUT2D eigenvalue weighted by molar-refractivity contribution is 0.177. The van der Waals surface area contributed by atoms with E-state index in [9.17, 15) is 0 Å². The van der Waals surface area contributed by atoms with Gasteiger partial charge in [0.15, 0.2) is 5.82 Å². The molecule has 2 aliphatic rings. The third kappa shape index (κ3) is 3.31. The number of nitrogens with two attached hydrogens (primary N) is 1. The molecular formula is C17H29N3O. The third-order valence-corrected chi connectivity index (χ3v) is 5.84. The molecule has 118 valence electrons. The highest BCUT2D eigenvalue weighted by Crippen LogP contribution is 2.40. The predicted octanol–water partition coefficient (Wildman–Crippen LogP) is 3.82. The highest BCUT2D eigenvalue weighted by atomic mass is 16.5. The summed E-state index contributed by atoms with van der Waals surface area (Å²) in [4.78, 5) is 4.71. The minimum absolute atomic E-state index is 0.212. The number of nitrogens with zero attached hydrogens (tertiary/aromatic N) is 2. The van der Waals surface area contributed by atoms with Crippen LogP contribution in [0.1, 0.15) is 82.3 Å². The van der Waals surface area contributed by atoms with Crippen molar-refractivity contribution in [3.63, 3.8) is 0 Å². The minimum Gasteiger partial charge on any atom is -0.339 e. The van der Waals surface area contributed by atoms with Gasteiger partial charge in [-0.15, -0.1) is 0 Å². The Balaban J connectivity index is 1.64. The lowest BCUT2D eigenvalue weighted by Crippen LogP contribution is -2.35. The Morgan fingerprint density at radius 2 is 2.05 bits per heavy atom. The van der Waals surface area contributed by atoms with Crippen molar-refractivity contribution in [3.8, 4) is 0 Å². The van der Waals surface area contributed by atoms with E-state index in [0.717, 1.165) is 30.6 Å². The van der Waals surface area contributed by atoms with Crippen LogP contribution in [0.3, 0.4) is 0 Å². The van der Waals surface area contributed by atoms with Crippen molar-refractivity contribution in [1.29, 1.82) is 0 Å². The maximum atomic E-state index is 6.06. The second-order valence-corrected chi connectivity index (χ2v) is 7.27. The molecule has 2 N–H and O–H groups in total. The lowest BCUT2D eigenvalue weighted by atomic mass is 9.72. The number of rotatable bonds is 5. The number of hydrogen-bond donors (Lipinski definition) is 1. The molecule has 1 aromatic rings. The Bertz CT molecular complexity index is 451. The molecule has 4 nitrogen and oxygen atoms in total. The molecule has 0 aromatic carbocycles. The fourth-order valence-electron chi connectivity index (χ4n) is 4.26. The van der Waals surface area contributed by atoms with E-state index >= 15 is 0 Å². The van der Waals surface area contributed by atoms with Crippen LogP contribution in [-0.2, 0) is 6.42 Å². The normalized spacial score (nSPS) is 28.9. The molecule has 1 aromatic heterocycles. The van der Waals surface area contributed by atoms with Crippen molar-refractivity contribution < 1.29 is 4.52 Å². The van der Waals surface area contributed by atoms with Gasteiger partial charge in [-0.25, -0.2) is 0 Å². The molecule has 4 heteroatoms. The molecule has 0 aliphatic heterocycles. The molecule has 0 spiro atoms. The van der Waals surface area contributed by atoms with Gasteiger partial charge in [-0.05, 0) is 50.0 Å². The quantitative estimate of drug-likeness (QED) is 0.895. The van der Waals surface area contributed by atoms with E-state index in [4.69, 9.17) is 15.2 Å². The maximum Gasteiger partial charge on any atom is 0.227 e. The van der Waals surface area contributed by atoms with Crippen molar-refractivity contribution in [3.05, 3.63) is 11.7 Å². The van der Waals surface area contributed by atoms with Crippen molar-refractivity contribution in [2.45, 2.75) is 77.0 Å². The molecule has 2 fully saturated rings. The van der Waals surface area contributed by atoms with Gasteiger partial charge in [-0.3, -0.25) is 0 Å². The van der Waals surface area contributed by atoms with Crippen LogP contribution in [0.15, 0.2) is 4.52 Å². The topological polar surface area (TPSA) is 64.9 Å². The smallest absolute Gasteiger partial charge is 0.227 e. The van der Waals surface area contributed by atoms with Crippen LogP contribution in [0.5, 0.6) is 0 Å². The highest BCUT2D eigenvalue weighted by Gasteiger charge is 2.34. The van der Waals surface area contributed by atoms with E-state index in [-0.39, 0.29) is 5.41 Å². The predicted molar refractivity (Wildman–Crippen MR) is 82.9 cm³/mol. The molecule has 2 unspecified atom stereocenters. The van der Waals surface area contributed by atoms with E-state index in [0.29, 0.717) is 5.92 Å². The standard InChI is InChI=1S/C17H29N3O/c1-2-13-6-7-14(10-13)16-19-15(21-20-16)11-17(12-18)8-4-3-5-9-17/h13-14H,2-12,18H2,1H3. The summed E-state index contributed by atoms with van der Waals surface area (Å²) >= 11 is 0. The monoisotopic (exact) mass is 291 g/mol. The molecular weight excluding hydrogens is 262 g/mol. The average Bonchev–Trinajstić information content (AvgIpc) is 3.16. The minimum atomic E-state index is 0.212. The fourth-order valence-corrected chi connectivity index (χ4v) is 4.26. The zero-order valence-electron chi connectivity index (χ0n) is 13.3. The molecule has 0 amide bonds. The molecule has 0 bridgehead atoms. The largest absolute Gasteiger partial charge is 0.339 e. The number of aromatic nitrogens is 2. The first-order valence-electron chi connectivity index (χ1n) is 8.77. The fraction of sp³-hybridized carbons (Fsp3) is 0.882. The maximum absolute atomic E-state index is 6.06. The van der Waals surface area contributed by atoms with Gasteiger partial charge in [0, 0.05) is 12.3 Å². The second-order valence-electron chi connectivity index (χ2n) is 7.27. The molecule has 2 aliphatic carbocycles. The van der Waals surface area contributed by atoms with E-state index in [1.54, 1.807) is 0 Å². The van der Waals surface area contributed by atoms with E-state index < -0.39 is 0 Å². The first-order valence-corrected chi connectivity index (χ1v) is 8.77. The summed E-state index contributed by atoms with van der Waals surface area (Å²) in [5, 5.41) is 4.27. The Labute approximate surface area is 127 Å². The van der Waals surface area contributed by atoms with Gasteiger partial charge in [0.05, 0.1) is 0 Å². The van der Waals surface area contributed by atoms with Crippen LogP contribution in [-0.4, -0.2) is 16.7 Å². The van der Waals surface area contributed by atoms with Crippen LogP contribution < -0.4 is 5.73 Å². The first kappa shape index (κ1) is 15.0. The van der Waals surface area contributed by atoms with Crippen molar-refractivity contribution in [2.24, 2.45) is 17.1 Å². The Morgan fingerprint density at radius 1 is 1.24 bits per heavy atom. The van der Waals surface area contributed by atoms with E-state index in [1.165, 1.54) is 57.8 Å². The van der Waals surface area contributed by atoms with Gasteiger partial charge < -0.3 is 10.3 Å². The molecule has 1 heterocycles. The summed E-state index contributed by atoms with van der Waals surface area (Å²) in [7, 11) is 0. The van der Waals surface area contributed by atoms with Crippen LogP contribution in [0.4, 0.5) is 0 Å². The zero-order chi connectivity index (χ0) is 14.7. The average molecular weight is 291 g/mol. The molecule has 2 saturated carbocycles. The summed E-state index contributed by atoms with van der Waals surface area (Å²) < 4.78 is 5.56. The molecule has 2 atom stereocenters. The third-order valence-electron chi connectivity index (χ3n) is 5.84. The summed E-state index contributed by atoms with van der Waals surface area (Å²) in [5.41, 5.74) is 6.27.